The number of hydrogen-bond acceptors (Lipinski definition) is 3. The molecule has 0 atom stereocenters. The van der Waals surface area contributed by atoms with Crippen LogP contribution in [0.1, 0.15) is 49.0 Å². The van der Waals surface area contributed by atoms with Crippen LogP contribution in [0.2, 0.25) is 0 Å². The molecule has 0 saturated carbocycles. The number of nitrogens with zero attached hydrogens (tertiary/aromatic N) is 3. The molecular weight excluding hydrogens is 314 g/mol. The molecule has 0 spiro atoms. The molecular formula is C19H25N5O. The van der Waals surface area contributed by atoms with Gasteiger partial charge in [0.15, 0.2) is 0 Å². The Hall–Kier alpha value is -2.63. The summed E-state index contributed by atoms with van der Waals surface area (Å²) in [4.78, 5) is 17.0. The molecule has 0 fully saturated rings. The van der Waals surface area contributed by atoms with Crippen LogP contribution in [0, 0.1) is 13.8 Å². The van der Waals surface area contributed by atoms with Crippen molar-refractivity contribution in [2.45, 2.75) is 46.5 Å². The van der Waals surface area contributed by atoms with E-state index in [4.69, 9.17) is 0 Å². The number of H-pyrrole nitrogens is 1. The highest BCUT2D eigenvalue weighted by atomic mass is 16.1. The maximum Gasteiger partial charge on any atom is 0.224 e. The number of aromatic nitrogens is 4. The molecule has 3 rings (SSSR count). The van der Waals surface area contributed by atoms with Crippen molar-refractivity contribution in [3.63, 3.8) is 0 Å². The van der Waals surface area contributed by atoms with Crippen LogP contribution in [-0.2, 0) is 18.3 Å². The Balaban J connectivity index is 1.71. The average Bonchev–Trinajstić information content (AvgIpc) is 3.05. The number of fused-ring (bicyclic) bond motifs is 1. The van der Waals surface area contributed by atoms with Crippen molar-refractivity contribution < 1.29 is 4.79 Å². The van der Waals surface area contributed by atoms with Gasteiger partial charge in [-0.25, -0.2) is 4.98 Å². The minimum Gasteiger partial charge on any atom is -0.331 e. The predicted molar refractivity (Wildman–Crippen MR) is 99.8 cm³/mol. The van der Waals surface area contributed by atoms with Crippen molar-refractivity contribution in [1.82, 2.24) is 19.7 Å². The molecule has 2 heterocycles. The van der Waals surface area contributed by atoms with Crippen molar-refractivity contribution in [2.75, 3.05) is 5.32 Å². The van der Waals surface area contributed by atoms with Crippen LogP contribution in [0.25, 0.3) is 11.0 Å². The van der Waals surface area contributed by atoms with E-state index in [1.807, 2.05) is 39.1 Å². The van der Waals surface area contributed by atoms with E-state index in [-0.39, 0.29) is 5.91 Å². The van der Waals surface area contributed by atoms with Crippen LogP contribution >= 0.6 is 0 Å². The monoisotopic (exact) mass is 339 g/mol. The van der Waals surface area contributed by atoms with Gasteiger partial charge < -0.3 is 9.88 Å². The molecule has 0 unspecified atom stereocenters. The molecule has 0 bridgehead atoms. The first-order chi connectivity index (χ1) is 11.9. The van der Waals surface area contributed by atoms with E-state index in [2.05, 4.69) is 38.9 Å². The summed E-state index contributed by atoms with van der Waals surface area (Å²) in [7, 11) is 2.03. The Morgan fingerprint density at radius 3 is 2.72 bits per heavy atom. The van der Waals surface area contributed by atoms with Gasteiger partial charge in [-0.15, -0.1) is 0 Å². The number of imidazole rings is 1. The molecule has 2 aromatic heterocycles. The zero-order valence-corrected chi connectivity index (χ0v) is 15.5. The Bertz CT molecular complexity index is 900. The SMILES string of the molecule is Cc1n[nH]c(C)c1CCC(=O)Nc1ccc2c(c1)nc(C(C)C)n2C. The van der Waals surface area contributed by atoms with E-state index >= 15 is 0 Å². The minimum atomic E-state index is -0.000589. The number of carbonyl (C=O) groups excluding carboxylic acids is 1. The number of anilines is 1. The lowest BCUT2D eigenvalue weighted by Crippen LogP contribution is -2.12. The van der Waals surface area contributed by atoms with Crippen molar-refractivity contribution in [1.29, 1.82) is 0 Å². The van der Waals surface area contributed by atoms with Gasteiger partial charge in [-0.1, -0.05) is 13.8 Å². The molecule has 3 aromatic rings. The van der Waals surface area contributed by atoms with Crippen LogP contribution in [0.15, 0.2) is 18.2 Å². The Morgan fingerprint density at radius 1 is 1.32 bits per heavy atom. The maximum absolute atomic E-state index is 12.3. The van der Waals surface area contributed by atoms with Crippen LogP contribution in [-0.4, -0.2) is 25.7 Å². The number of rotatable bonds is 5. The lowest BCUT2D eigenvalue weighted by atomic mass is 10.1. The van der Waals surface area contributed by atoms with Crippen molar-refractivity contribution in [2.24, 2.45) is 7.05 Å². The predicted octanol–water partition coefficient (Wildman–Crippen LogP) is 3.61. The van der Waals surface area contributed by atoms with Gasteiger partial charge in [0.2, 0.25) is 5.91 Å². The number of aryl methyl sites for hydroxylation is 3. The van der Waals surface area contributed by atoms with Gasteiger partial charge >= 0.3 is 0 Å². The van der Waals surface area contributed by atoms with Gasteiger partial charge in [-0.3, -0.25) is 9.89 Å². The van der Waals surface area contributed by atoms with E-state index in [1.165, 1.54) is 0 Å². The highest BCUT2D eigenvalue weighted by Gasteiger charge is 2.13. The number of carbonyl (C=O) groups is 1. The molecule has 1 aromatic carbocycles. The summed E-state index contributed by atoms with van der Waals surface area (Å²) in [6, 6.07) is 5.88. The van der Waals surface area contributed by atoms with Gasteiger partial charge in [0.25, 0.3) is 0 Å². The molecule has 0 saturated heterocycles. The average molecular weight is 339 g/mol. The Labute approximate surface area is 147 Å². The highest BCUT2D eigenvalue weighted by Crippen LogP contribution is 2.23. The summed E-state index contributed by atoms with van der Waals surface area (Å²) in [6.07, 6.45) is 1.11. The Morgan fingerprint density at radius 2 is 2.08 bits per heavy atom. The molecule has 0 radical (unpaired) electrons. The van der Waals surface area contributed by atoms with Gasteiger partial charge in [-0.05, 0) is 44.0 Å². The number of hydrogen-bond donors (Lipinski definition) is 2. The van der Waals surface area contributed by atoms with Gasteiger partial charge in [-0.2, -0.15) is 5.10 Å². The largest absolute Gasteiger partial charge is 0.331 e. The topological polar surface area (TPSA) is 75.6 Å². The number of aromatic amines is 1. The quantitative estimate of drug-likeness (QED) is 0.745. The zero-order chi connectivity index (χ0) is 18.1. The Kier molecular flexibility index (Phi) is 4.61. The normalized spacial score (nSPS) is 11.4. The molecule has 0 aliphatic rings. The van der Waals surface area contributed by atoms with Crippen molar-refractivity contribution in [3.05, 3.63) is 41.0 Å². The van der Waals surface area contributed by atoms with Crippen LogP contribution in [0.4, 0.5) is 5.69 Å². The molecule has 6 nitrogen and oxygen atoms in total. The summed E-state index contributed by atoms with van der Waals surface area (Å²) < 4.78 is 2.11. The second-order valence-electron chi connectivity index (χ2n) is 6.85. The third kappa shape index (κ3) is 3.43. The van der Waals surface area contributed by atoms with Crippen molar-refractivity contribution in [3.8, 4) is 0 Å². The third-order valence-corrected chi connectivity index (χ3v) is 4.60. The first-order valence-corrected chi connectivity index (χ1v) is 8.63. The summed E-state index contributed by atoms with van der Waals surface area (Å²) in [5, 5.41) is 10.1. The van der Waals surface area contributed by atoms with Crippen LogP contribution < -0.4 is 5.32 Å². The van der Waals surface area contributed by atoms with Crippen LogP contribution in [0.5, 0.6) is 0 Å². The number of benzene rings is 1. The molecule has 25 heavy (non-hydrogen) atoms. The summed E-state index contributed by atoms with van der Waals surface area (Å²) in [6.45, 7) is 8.19. The second kappa shape index (κ2) is 6.70. The smallest absolute Gasteiger partial charge is 0.224 e. The summed E-state index contributed by atoms with van der Waals surface area (Å²) in [5.74, 6) is 1.40. The lowest BCUT2D eigenvalue weighted by Gasteiger charge is -2.06. The maximum atomic E-state index is 12.3. The first-order valence-electron chi connectivity index (χ1n) is 8.63. The molecule has 0 aliphatic heterocycles. The van der Waals surface area contributed by atoms with Gasteiger partial charge in [0.05, 0.1) is 16.7 Å². The van der Waals surface area contributed by atoms with E-state index in [0.717, 1.165) is 39.5 Å². The second-order valence-corrected chi connectivity index (χ2v) is 6.85. The fourth-order valence-electron chi connectivity index (χ4n) is 3.22. The van der Waals surface area contributed by atoms with Gasteiger partial charge in [0, 0.05) is 30.8 Å². The standard InChI is InChI=1S/C19H25N5O/c1-11(2)19-21-16-10-14(6-8-17(16)24(19)5)20-18(25)9-7-15-12(3)22-23-13(15)4/h6,8,10-11H,7,9H2,1-5H3,(H,20,25)(H,22,23). The molecule has 1 amide bonds. The fourth-order valence-corrected chi connectivity index (χ4v) is 3.22. The summed E-state index contributed by atoms with van der Waals surface area (Å²) in [5.41, 5.74) is 5.88. The van der Waals surface area contributed by atoms with E-state index in [0.29, 0.717) is 18.8 Å². The lowest BCUT2D eigenvalue weighted by molar-refractivity contribution is -0.116. The van der Waals surface area contributed by atoms with Crippen molar-refractivity contribution >= 4 is 22.6 Å². The fraction of sp³-hybridized carbons (Fsp3) is 0.421. The number of nitrogens with one attached hydrogen (secondary N) is 2. The minimum absolute atomic E-state index is 0.000589. The van der Waals surface area contributed by atoms with Crippen LogP contribution in [0.3, 0.4) is 0 Å². The third-order valence-electron chi connectivity index (χ3n) is 4.60. The summed E-state index contributed by atoms with van der Waals surface area (Å²) >= 11 is 0. The van der Waals surface area contributed by atoms with E-state index in [1.54, 1.807) is 0 Å². The molecule has 6 heteroatoms. The van der Waals surface area contributed by atoms with E-state index < -0.39 is 0 Å². The zero-order valence-electron chi connectivity index (χ0n) is 15.5. The molecule has 132 valence electrons. The highest BCUT2D eigenvalue weighted by molar-refractivity contribution is 5.93. The first kappa shape index (κ1) is 17.2. The number of amides is 1. The van der Waals surface area contributed by atoms with E-state index in [9.17, 15) is 4.79 Å². The molecule has 2 N–H and O–H groups in total. The molecule has 0 aliphatic carbocycles. The van der Waals surface area contributed by atoms with Gasteiger partial charge in [0.1, 0.15) is 5.82 Å².